The molecule has 9 heteroatoms. The zero-order chi connectivity index (χ0) is 36.4. The minimum absolute atomic E-state index is 0.191. The Hall–Kier alpha value is -6.44. The van der Waals surface area contributed by atoms with Crippen LogP contribution in [0.2, 0.25) is 0 Å². The van der Waals surface area contributed by atoms with Gasteiger partial charge >= 0.3 is 174 Å². The van der Waals surface area contributed by atoms with E-state index in [9.17, 15) is 20.4 Å². The maximum absolute atomic E-state index is 9.87. The van der Waals surface area contributed by atoms with E-state index in [0.717, 1.165) is 57.9 Å². The first kappa shape index (κ1) is 33.7. The molecule has 0 fully saturated rings. The van der Waals surface area contributed by atoms with Gasteiger partial charge < -0.3 is 9.97 Å². The number of H-pyrrole nitrogens is 2. The Morgan fingerprint density at radius 3 is 0.774 bits per heavy atom. The number of phenols is 4. The van der Waals surface area contributed by atoms with Gasteiger partial charge in [0.25, 0.3) is 0 Å². The van der Waals surface area contributed by atoms with Gasteiger partial charge in [-0.05, 0) is 72.8 Å². The molecular weight excluding hydrogens is 740 g/mol. The molecule has 3 aromatic heterocycles. The molecule has 0 unspecified atom stereocenters. The average molecular weight is 774 g/mol. The Labute approximate surface area is 309 Å². The molecule has 0 radical (unpaired) electrons. The normalized spacial score (nSPS) is 11.9. The van der Waals surface area contributed by atoms with Crippen molar-refractivity contribution in [2.75, 3.05) is 0 Å². The van der Waals surface area contributed by atoms with Crippen molar-refractivity contribution in [1.29, 1.82) is 0 Å². The van der Waals surface area contributed by atoms with Gasteiger partial charge in [0.15, 0.2) is 0 Å². The Morgan fingerprint density at radius 2 is 0.547 bits per heavy atom. The number of hydrogen-bond acceptors (Lipinski definition) is 6. The van der Waals surface area contributed by atoms with Crippen LogP contribution in [0.4, 0.5) is 0 Å². The van der Waals surface area contributed by atoms with Crippen LogP contribution in [0.1, 0.15) is 22.8 Å². The fraction of sp³-hybridized carbons (Fsp3) is 0. The Kier molecular flexibility index (Phi) is 9.09. The third-order valence-corrected chi connectivity index (χ3v) is 21.0. The zero-order valence-corrected chi connectivity index (χ0v) is 30.8. The van der Waals surface area contributed by atoms with E-state index in [0.29, 0.717) is 0 Å². The minimum atomic E-state index is -3.88. The fourth-order valence-corrected chi connectivity index (χ4v) is 18.3. The van der Waals surface area contributed by atoms with E-state index < -0.39 is 20.3 Å². The van der Waals surface area contributed by atoms with Crippen LogP contribution >= 0.6 is 0 Å². The second kappa shape index (κ2) is 14.3. The summed E-state index contributed by atoms with van der Waals surface area (Å²) in [6.07, 6.45) is 8.09. The molecule has 0 amide bonds. The van der Waals surface area contributed by atoms with Crippen molar-refractivity contribution < 1.29 is 40.7 Å². The molecule has 2 aliphatic rings. The van der Waals surface area contributed by atoms with Gasteiger partial charge in [0, 0.05) is 22.1 Å². The summed E-state index contributed by atoms with van der Waals surface area (Å²) in [4.78, 5) is 16.0. The molecule has 8 bridgehead atoms. The monoisotopic (exact) mass is 772 g/mol. The standard InChI is InChI=1S/C20H14N4.4C6H5O.Zr/c1-2-14-10-16-5-6-18(23-16)12-20-8-7-19(24-20)11-17-4-3-15(22-17)9-13(1)21-14;4*7-6-4-2-1-3-5-6;/h1-12,21,24H;4*2-5,7H;. The van der Waals surface area contributed by atoms with E-state index in [-0.39, 0.29) is 23.0 Å². The van der Waals surface area contributed by atoms with Crippen molar-refractivity contribution in [2.24, 2.45) is 0 Å². The summed E-state index contributed by atoms with van der Waals surface area (Å²) in [7, 11) is 0. The summed E-state index contributed by atoms with van der Waals surface area (Å²) in [5.74, 6) is 0.763. The quantitative estimate of drug-likeness (QED) is 0.115. The number of hydrogen-bond donors (Lipinski definition) is 6. The van der Waals surface area contributed by atoms with Crippen LogP contribution in [0, 0.1) is 0 Å². The molecule has 0 aliphatic carbocycles. The summed E-state index contributed by atoms with van der Waals surface area (Å²) in [6, 6.07) is 45.4. The first-order chi connectivity index (χ1) is 25.8. The first-order valence-corrected chi connectivity index (χ1v) is 21.9. The molecule has 0 saturated carbocycles. The van der Waals surface area contributed by atoms with Gasteiger partial charge in [-0.15, -0.1) is 0 Å². The summed E-state index contributed by atoms with van der Waals surface area (Å²) >= 11 is -3.88. The maximum atomic E-state index is 9.87. The van der Waals surface area contributed by atoms with Gasteiger partial charge in [-0.2, -0.15) is 0 Å². The predicted octanol–water partition coefficient (Wildman–Crippen LogP) is 6.92. The molecule has 8 nitrogen and oxygen atoms in total. The van der Waals surface area contributed by atoms with Crippen molar-refractivity contribution in [1.82, 2.24) is 19.9 Å². The number of aromatic hydroxyl groups is 4. The van der Waals surface area contributed by atoms with Crippen LogP contribution in [-0.2, 0) is 20.3 Å². The molecule has 5 heterocycles. The third-order valence-electron chi connectivity index (χ3n) is 9.24. The van der Waals surface area contributed by atoms with Crippen LogP contribution in [0.3, 0.4) is 0 Å². The number of aromatic nitrogens is 4. The van der Waals surface area contributed by atoms with Crippen LogP contribution in [-0.4, -0.2) is 40.4 Å². The van der Waals surface area contributed by atoms with Gasteiger partial charge in [-0.1, -0.05) is 0 Å². The molecule has 9 rings (SSSR count). The van der Waals surface area contributed by atoms with Crippen LogP contribution in [0.5, 0.6) is 23.0 Å². The topological polar surface area (TPSA) is 138 Å². The number of aromatic amines is 2. The molecule has 258 valence electrons. The number of nitrogens with one attached hydrogen (secondary N) is 2. The number of nitrogens with zero attached hydrogens (tertiary/aromatic N) is 2. The van der Waals surface area contributed by atoms with Gasteiger partial charge in [0.05, 0.1) is 22.8 Å². The van der Waals surface area contributed by atoms with Gasteiger partial charge in [0.2, 0.25) is 0 Å². The van der Waals surface area contributed by atoms with Crippen LogP contribution in [0.25, 0.3) is 46.4 Å². The second-order valence-electron chi connectivity index (χ2n) is 12.8. The third kappa shape index (κ3) is 7.20. The van der Waals surface area contributed by atoms with E-state index in [2.05, 4.69) is 44.2 Å². The molecule has 2 aliphatic heterocycles. The van der Waals surface area contributed by atoms with Gasteiger partial charge in [0.1, 0.15) is 0 Å². The van der Waals surface area contributed by atoms with Gasteiger partial charge in [-0.25, -0.2) is 9.97 Å². The van der Waals surface area contributed by atoms with Gasteiger partial charge in [-0.3, -0.25) is 0 Å². The summed E-state index contributed by atoms with van der Waals surface area (Å²) in [5, 5.41) is 39.5. The SMILES string of the molecule is C1=Cc2cc3ccc(cc4nc(cc5ccc(cc1n2)[nH]5)C=C4)[nH]3.Oc1cc[c]([Zr]([c]2ccc(O)cc2)([c]2ccc(O)cc2)[c]2ccc(O)cc2)cc1. The van der Waals surface area contributed by atoms with Crippen molar-refractivity contribution in [2.45, 2.75) is 0 Å². The van der Waals surface area contributed by atoms with E-state index in [1.54, 1.807) is 48.5 Å². The molecule has 0 saturated heterocycles. The first-order valence-electron chi connectivity index (χ1n) is 17.0. The van der Waals surface area contributed by atoms with E-state index >= 15 is 0 Å². The van der Waals surface area contributed by atoms with E-state index in [1.165, 1.54) is 0 Å². The van der Waals surface area contributed by atoms with E-state index in [1.807, 2.05) is 97.1 Å². The number of phenolic OH excluding ortho intramolecular Hbond substituents is 4. The van der Waals surface area contributed by atoms with Crippen molar-refractivity contribution >= 4 is 59.5 Å². The summed E-state index contributed by atoms with van der Waals surface area (Å²) < 4.78 is 4.39. The average Bonchev–Trinajstić information content (AvgIpc) is 3.99. The number of fused-ring (bicyclic) bond motifs is 8. The van der Waals surface area contributed by atoms with Crippen molar-refractivity contribution in [3.05, 3.63) is 168 Å². The molecule has 6 N–H and O–H groups in total. The predicted molar refractivity (Wildman–Crippen MR) is 210 cm³/mol. The van der Waals surface area contributed by atoms with Crippen LogP contribution < -0.4 is 13.1 Å². The van der Waals surface area contributed by atoms with Crippen molar-refractivity contribution in [3.8, 4) is 23.0 Å². The molecule has 0 atom stereocenters. The van der Waals surface area contributed by atoms with Crippen molar-refractivity contribution in [3.63, 3.8) is 0 Å². The molecular formula is C44H34N4O4Zr. The fourth-order valence-electron chi connectivity index (χ4n) is 6.79. The number of benzene rings is 4. The Balaban J connectivity index is 0.000000153. The zero-order valence-electron chi connectivity index (χ0n) is 28.3. The van der Waals surface area contributed by atoms with Crippen LogP contribution in [0.15, 0.2) is 146 Å². The second-order valence-corrected chi connectivity index (χ2v) is 22.2. The Bertz CT molecular complexity index is 2280. The number of rotatable bonds is 4. The molecule has 7 aromatic rings. The molecule has 0 spiro atoms. The van der Waals surface area contributed by atoms with E-state index in [4.69, 9.17) is 0 Å². The summed E-state index contributed by atoms with van der Waals surface area (Å²) in [6.45, 7) is 0. The Morgan fingerprint density at radius 1 is 0.321 bits per heavy atom. The molecule has 4 aromatic carbocycles. The summed E-state index contributed by atoms with van der Waals surface area (Å²) in [5.41, 5.74) is 7.86. The molecule has 53 heavy (non-hydrogen) atoms.